The first-order chi connectivity index (χ1) is 13.6. The Bertz CT molecular complexity index is 531. The minimum atomic E-state index is -0.786. The summed E-state index contributed by atoms with van der Waals surface area (Å²) in [5, 5.41) is 2.86. The van der Waals surface area contributed by atoms with E-state index < -0.39 is 17.7 Å². The van der Waals surface area contributed by atoms with E-state index in [9.17, 15) is 9.59 Å². The summed E-state index contributed by atoms with van der Waals surface area (Å²) in [6.07, 6.45) is 9.89. The highest BCUT2D eigenvalue weighted by molar-refractivity contribution is 5.92. The van der Waals surface area contributed by atoms with E-state index in [1.165, 1.54) is 32.1 Å². The monoisotopic (exact) mass is 411 g/mol. The van der Waals surface area contributed by atoms with Gasteiger partial charge in [-0.2, -0.15) is 0 Å². The van der Waals surface area contributed by atoms with E-state index in [4.69, 9.17) is 15.2 Å². The van der Waals surface area contributed by atoms with Crippen LogP contribution in [0.15, 0.2) is 4.99 Å². The first kappa shape index (κ1) is 25.2. The number of carbonyl (C=O) groups is 2. The fraction of sp³-hybridized carbons (Fsp3) is 0.864. The van der Waals surface area contributed by atoms with E-state index in [2.05, 4.69) is 10.3 Å². The van der Waals surface area contributed by atoms with Gasteiger partial charge >= 0.3 is 12.1 Å². The van der Waals surface area contributed by atoms with Crippen LogP contribution in [0.25, 0.3) is 0 Å². The van der Waals surface area contributed by atoms with Crippen LogP contribution in [0.5, 0.6) is 0 Å². The summed E-state index contributed by atoms with van der Waals surface area (Å²) in [6.45, 7) is 9.30. The summed E-state index contributed by atoms with van der Waals surface area (Å²) in [7, 11) is 0. The van der Waals surface area contributed by atoms with Gasteiger partial charge in [0.25, 0.3) is 0 Å². The van der Waals surface area contributed by atoms with Gasteiger partial charge in [-0.15, -0.1) is 4.99 Å². The van der Waals surface area contributed by atoms with Crippen LogP contribution in [0.1, 0.15) is 98.8 Å². The number of hydrogen-bond acceptors (Lipinski definition) is 4. The third-order valence-corrected chi connectivity index (χ3v) is 4.75. The van der Waals surface area contributed by atoms with Crippen LogP contribution in [0.2, 0.25) is 0 Å². The fourth-order valence-corrected chi connectivity index (χ4v) is 3.42. The molecule has 7 nitrogen and oxygen atoms in total. The molecule has 1 amide bonds. The van der Waals surface area contributed by atoms with E-state index >= 15 is 0 Å². The highest BCUT2D eigenvalue weighted by Gasteiger charge is 2.26. The molecule has 0 spiro atoms. The van der Waals surface area contributed by atoms with Crippen LogP contribution in [0, 0.1) is 5.92 Å². The van der Waals surface area contributed by atoms with Crippen molar-refractivity contribution in [3.05, 3.63) is 0 Å². The summed E-state index contributed by atoms with van der Waals surface area (Å²) < 4.78 is 11.0. The Balaban J connectivity index is 2.71. The lowest BCUT2D eigenvalue weighted by atomic mass is 9.99. The van der Waals surface area contributed by atoms with Crippen molar-refractivity contribution >= 4 is 18.0 Å². The molecule has 1 atom stereocenters. The highest BCUT2D eigenvalue weighted by atomic mass is 16.6. The lowest BCUT2D eigenvalue weighted by Crippen LogP contribution is -2.47. The summed E-state index contributed by atoms with van der Waals surface area (Å²) >= 11 is 0. The molecule has 0 aromatic rings. The summed E-state index contributed by atoms with van der Waals surface area (Å²) in [6, 6.07) is -0.642. The first-order valence-electron chi connectivity index (χ1n) is 11.1. The van der Waals surface area contributed by atoms with Gasteiger partial charge in [0.1, 0.15) is 17.7 Å². The Kier molecular flexibility index (Phi) is 11.1. The number of hydrogen-bond donors (Lipinski definition) is 2. The largest absolute Gasteiger partial charge is 0.461 e. The Morgan fingerprint density at radius 3 is 2.03 bits per heavy atom. The van der Waals surface area contributed by atoms with Crippen LogP contribution in [-0.4, -0.2) is 35.8 Å². The van der Waals surface area contributed by atoms with Crippen molar-refractivity contribution < 1.29 is 19.1 Å². The lowest BCUT2D eigenvalue weighted by Gasteiger charge is -2.24. The summed E-state index contributed by atoms with van der Waals surface area (Å²) in [4.78, 5) is 28.4. The van der Waals surface area contributed by atoms with Crippen molar-refractivity contribution in [2.24, 2.45) is 16.6 Å². The van der Waals surface area contributed by atoms with Crippen molar-refractivity contribution in [1.29, 1.82) is 0 Å². The van der Waals surface area contributed by atoms with Gasteiger partial charge in [0, 0.05) is 0 Å². The minimum Gasteiger partial charge on any atom is -0.461 e. The summed E-state index contributed by atoms with van der Waals surface area (Å²) in [5.41, 5.74) is 5.20. The molecule has 1 rings (SSSR count). The maximum Gasteiger partial charge on any atom is 0.437 e. The second-order valence-electron chi connectivity index (χ2n) is 9.41. The number of nitrogens with one attached hydrogen (secondary N) is 1. The number of aliphatic imine (C=N–C) groups is 1. The van der Waals surface area contributed by atoms with Gasteiger partial charge < -0.3 is 20.5 Å². The SMILES string of the molecule is CC(C)C[C@H](N/C(N)=N\C(=O)OC(C)(C)C)C(=O)OC1CCCCCCCCC1. The molecule has 1 aliphatic rings. The standard InChI is InChI=1S/C22H41N3O4/c1-16(2)15-18(24-20(23)25-21(27)29-22(3,4)5)19(26)28-17-13-11-9-7-6-8-10-12-14-17/h16-18H,6-15H2,1-5H3,(H3,23,24,25,27)/t18-/m0/s1. The fourth-order valence-electron chi connectivity index (χ4n) is 3.42. The molecule has 168 valence electrons. The highest BCUT2D eigenvalue weighted by Crippen LogP contribution is 2.20. The molecule has 3 N–H and O–H groups in total. The maximum absolute atomic E-state index is 12.8. The van der Waals surface area contributed by atoms with Crippen molar-refractivity contribution in [2.75, 3.05) is 0 Å². The van der Waals surface area contributed by atoms with E-state index in [1.54, 1.807) is 20.8 Å². The minimum absolute atomic E-state index is 0.0546. The number of rotatable bonds is 5. The Hall–Kier alpha value is -1.79. The molecule has 1 aliphatic carbocycles. The van der Waals surface area contributed by atoms with E-state index in [-0.39, 0.29) is 24.0 Å². The van der Waals surface area contributed by atoms with Gasteiger partial charge in [0.15, 0.2) is 0 Å². The van der Waals surface area contributed by atoms with E-state index in [1.807, 2.05) is 13.8 Å². The molecule has 0 radical (unpaired) electrons. The lowest BCUT2D eigenvalue weighted by molar-refractivity contribution is -0.152. The van der Waals surface area contributed by atoms with Crippen LogP contribution >= 0.6 is 0 Å². The molecular weight excluding hydrogens is 370 g/mol. The number of esters is 1. The van der Waals surface area contributed by atoms with Gasteiger partial charge in [-0.1, -0.05) is 46.0 Å². The number of ether oxygens (including phenoxy) is 2. The van der Waals surface area contributed by atoms with E-state index in [0.29, 0.717) is 6.42 Å². The molecule has 1 fully saturated rings. The summed E-state index contributed by atoms with van der Waals surface area (Å²) in [5.74, 6) is -0.214. The van der Waals surface area contributed by atoms with Crippen LogP contribution < -0.4 is 11.1 Å². The number of nitrogens with two attached hydrogens (primary N) is 1. The number of guanidine groups is 1. The van der Waals surface area contributed by atoms with Gasteiger partial charge in [-0.05, 0) is 58.8 Å². The van der Waals surface area contributed by atoms with Crippen LogP contribution in [0.3, 0.4) is 0 Å². The normalized spacial score (nSPS) is 18.8. The number of nitrogens with zero attached hydrogens (tertiary/aromatic N) is 1. The van der Waals surface area contributed by atoms with Crippen LogP contribution in [-0.2, 0) is 14.3 Å². The molecule has 0 saturated heterocycles. The molecule has 0 bridgehead atoms. The average molecular weight is 412 g/mol. The molecule has 0 unspecified atom stereocenters. The second-order valence-corrected chi connectivity index (χ2v) is 9.41. The maximum atomic E-state index is 12.8. The first-order valence-corrected chi connectivity index (χ1v) is 11.1. The molecular formula is C22H41N3O4. The molecule has 0 heterocycles. The molecule has 0 aromatic heterocycles. The topological polar surface area (TPSA) is 103 Å². The quantitative estimate of drug-likeness (QED) is 0.387. The average Bonchev–Trinajstić information content (AvgIpc) is 2.57. The smallest absolute Gasteiger partial charge is 0.437 e. The van der Waals surface area contributed by atoms with Crippen molar-refractivity contribution in [3.8, 4) is 0 Å². The zero-order valence-corrected chi connectivity index (χ0v) is 19.0. The molecule has 7 heteroatoms. The van der Waals surface area contributed by atoms with Crippen LogP contribution in [0.4, 0.5) is 4.79 Å². The zero-order chi connectivity index (χ0) is 21.9. The predicted molar refractivity (Wildman–Crippen MR) is 116 cm³/mol. The molecule has 29 heavy (non-hydrogen) atoms. The van der Waals surface area contributed by atoms with Gasteiger partial charge in [-0.3, -0.25) is 0 Å². The van der Waals surface area contributed by atoms with Crippen molar-refractivity contribution in [1.82, 2.24) is 5.32 Å². The zero-order valence-electron chi connectivity index (χ0n) is 19.0. The Labute approximate surface area is 176 Å². The van der Waals surface area contributed by atoms with Crippen molar-refractivity contribution in [2.45, 2.75) is 117 Å². The Morgan fingerprint density at radius 2 is 1.55 bits per heavy atom. The van der Waals surface area contributed by atoms with Gasteiger partial charge in [-0.25, -0.2) is 9.59 Å². The third-order valence-electron chi connectivity index (χ3n) is 4.75. The second kappa shape index (κ2) is 12.7. The van der Waals surface area contributed by atoms with Crippen molar-refractivity contribution in [3.63, 3.8) is 0 Å². The van der Waals surface area contributed by atoms with Gasteiger partial charge in [0.05, 0.1) is 0 Å². The van der Waals surface area contributed by atoms with Gasteiger partial charge in [0.2, 0.25) is 5.96 Å². The third kappa shape index (κ3) is 12.4. The Morgan fingerprint density at radius 1 is 1.03 bits per heavy atom. The molecule has 1 saturated carbocycles. The molecule has 0 aliphatic heterocycles. The number of amides is 1. The van der Waals surface area contributed by atoms with E-state index in [0.717, 1.165) is 25.7 Å². The number of carbonyl (C=O) groups excluding carboxylic acids is 2. The predicted octanol–water partition coefficient (Wildman–Crippen LogP) is 4.68. The molecule has 0 aromatic carbocycles.